The molecule has 2 unspecified atom stereocenters. The van der Waals surface area contributed by atoms with Gasteiger partial charge in [-0.25, -0.2) is 9.97 Å². The Morgan fingerprint density at radius 3 is 2.76 bits per heavy atom. The van der Waals surface area contributed by atoms with Crippen molar-refractivity contribution in [3.63, 3.8) is 0 Å². The van der Waals surface area contributed by atoms with Crippen LogP contribution in [0.4, 0.5) is 17.2 Å². The van der Waals surface area contributed by atoms with E-state index in [-0.39, 0.29) is 11.9 Å². The predicted octanol–water partition coefficient (Wildman–Crippen LogP) is 4.02. The highest BCUT2D eigenvalue weighted by Crippen LogP contribution is 2.34. The number of carbonyl (C=O) groups is 1. The molecule has 0 aromatic carbocycles. The molecular formula is C28H31N7O2S. The monoisotopic (exact) mass is 529 g/mol. The summed E-state index contributed by atoms with van der Waals surface area (Å²) in [5.41, 5.74) is 10.1. The number of thiophene rings is 1. The van der Waals surface area contributed by atoms with Crippen LogP contribution in [0.3, 0.4) is 0 Å². The molecule has 4 aromatic rings. The number of hydrogen-bond donors (Lipinski definition) is 2. The number of amides is 1. The van der Waals surface area contributed by atoms with Crippen molar-refractivity contribution in [2.24, 2.45) is 11.7 Å². The number of carbonyl (C=O) groups excluding carboxylic acids is 1. The van der Waals surface area contributed by atoms with Gasteiger partial charge in [-0.3, -0.25) is 9.78 Å². The molecule has 10 heteroatoms. The van der Waals surface area contributed by atoms with Crippen LogP contribution < -0.4 is 20.9 Å². The number of nitrogens with zero attached hydrogens (tertiary/aromatic N) is 5. The third kappa shape index (κ3) is 5.20. The Hall–Kier alpha value is -3.60. The Balaban J connectivity index is 1.20. The van der Waals surface area contributed by atoms with E-state index in [4.69, 9.17) is 10.5 Å². The van der Waals surface area contributed by atoms with Gasteiger partial charge >= 0.3 is 0 Å². The molecule has 3 N–H and O–H groups in total. The van der Waals surface area contributed by atoms with Crippen LogP contribution in [0.2, 0.25) is 0 Å². The van der Waals surface area contributed by atoms with Crippen LogP contribution in [0.1, 0.15) is 23.8 Å². The van der Waals surface area contributed by atoms with Gasteiger partial charge in [0, 0.05) is 55.1 Å². The molecule has 0 saturated carbocycles. The van der Waals surface area contributed by atoms with Crippen molar-refractivity contribution in [1.82, 2.24) is 15.0 Å². The number of pyridine rings is 3. The van der Waals surface area contributed by atoms with Gasteiger partial charge in [0.25, 0.3) is 5.91 Å². The Labute approximate surface area is 225 Å². The van der Waals surface area contributed by atoms with E-state index in [0.29, 0.717) is 17.3 Å². The number of rotatable bonds is 5. The molecule has 0 aliphatic carbocycles. The average molecular weight is 530 g/mol. The number of nitrogens with one attached hydrogen (secondary N) is 1. The topological polar surface area (TPSA) is 110 Å². The number of morpholine rings is 1. The van der Waals surface area contributed by atoms with Crippen LogP contribution in [0, 0.1) is 5.92 Å². The van der Waals surface area contributed by atoms with Crippen LogP contribution in [0.25, 0.3) is 20.7 Å². The molecule has 6 heterocycles. The number of anilines is 3. The summed E-state index contributed by atoms with van der Waals surface area (Å²) in [6.07, 6.45) is 6.34. The first-order chi connectivity index (χ1) is 18.5. The number of hydrogen-bond acceptors (Lipinski definition) is 9. The van der Waals surface area contributed by atoms with Gasteiger partial charge in [0.05, 0.1) is 41.0 Å². The Morgan fingerprint density at radius 1 is 1.11 bits per heavy atom. The quantitative estimate of drug-likeness (QED) is 0.399. The van der Waals surface area contributed by atoms with Crippen LogP contribution in [0.15, 0.2) is 55.0 Å². The first-order valence-electron chi connectivity index (χ1n) is 13.0. The maximum atomic E-state index is 13.2. The molecule has 2 fully saturated rings. The van der Waals surface area contributed by atoms with Gasteiger partial charge in [-0.2, -0.15) is 0 Å². The van der Waals surface area contributed by atoms with Crippen LogP contribution in [-0.2, 0) is 4.74 Å². The number of fused-ring (bicyclic) bond motifs is 1. The third-order valence-corrected chi connectivity index (χ3v) is 8.19. The van der Waals surface area contributed by atoms with Crippen molar-refractivity contribution in [3.05, 3.63) is 60.7 Å². The third-order valence-electron chi connectivity index (χ3n) is 7.05. The summed E-state index contributed by atoms with van der Waals surface area (Å²) >= 11 is 1.64. The lowest BCUT2D eigenvalue weighted by Crippen LogP contribution is -2.46. The largest absolute Gasteiger partial charge is 0.378 e. The minimum Gasteiger partial charge on any atom is -0.378 e. The second-order valence-corrected chi connectivity index (χ2v) is 11.1. The van der Waals surface area contributed by atoms with Crippen molar-refractivity contribution < 1.29 is 9.53 Å². The van der Waals surface area contributed by atoms with Gasteiger partial charge in [-0.15, -0.1) is 11.3 Å². The van der Waals surface area contributed by atoms with E-state index in [2.05, 4.69) is 49.1 Å². The Morgan fingerprint density at radius 2 is 1.97 bits per heavy atom. The number of nitrogens with two attached hydrogens (primary N) is 1. The first kappa shape index (κ1) is 24.7. The molecule has 196 valence electrons. The van der Waals surface area contributed by atoms with Crippen molar-refractivity contribution >= 4 is 44.7 Å². The summed E-state index contributed by atoms with van der Waals surface area (Å²) in [4.78, 5) is 32.3. The molecular weight excluding hydrogens is 498 g/mol. The zero-order valence-corrected chi connectivity index (χ0v) is 22.2. The molecule has 6 rings (SSSR count). The maximum Gasteiger partial charge on any atom is 0.274 e. The minimum absolute atomic E-state index is 0.109. The highest BCUT2D eigenvalue weighted by atomic mass is 32.1. The second-order valence-electron chi connectivity index (χ2n) is 10.0. The van der Waals surface area contributed by atoms with E-state index in [0.717, 1.165) is 78.0 Å². The fourth-order valence-corrected chi connectivity index (χ4v) is 6.24. The first-order valence-corrected chi connectivity index (χ1v) is 13.8. The van der Waals surface area contributed by atoms with Crippen LogP contribution in [0.5, 0.6) is 0 Å². The highest BCUT2D eigenvalue weighted by molar-refractivity contribution is 7.22. The minimum atomic E-state index is -0.264. The molecule has 2 aliphatic rings. The van der Waals surface area contributed by atoms with Crippen molar-refractivity contribution in [3.8, 4) is 10.4 Å². The van der Waals surface area contributed by atoms with E-state index in [1.807, 2.05) is 24.4 Å². The zero-order chi connectivity index (χ0) is 26.1. The standard InChI is InChI=1S/C28H31N7O2S/c1-18-12-20(29)17-35(16-18)24-6-7-30-15-23(24)33-28(36)21-3-4-25-22(32-21)13-26(38-25)19-2-5-27(31-14-19)34-8-10-37-11-9-34/h2-7,13-15,18,20H,8-12,16-17,29H2,1H3,(H,33,36). The fourth-order valence-electron chi connectivity index (χ4n) is 5.25. The van der Waals surface area contributed by atoms with Crippen molar-refractivity contribution in [2.45, 2.75) is 19.4 Å². The zero-order valence-electron chi connectivity index (χ0n) is 21.3. The van der Waals surface area contributed by atoms with E-state index in [9.17, 15) is 4.79 Å². The van der Waals surface area contributed by atoms with Gasteiger partial charge in [0.15, 0.2) is 0 Å². The van der Waals surface area contributed by atoms with Crippen molar-refractivity contribution in [1.29, 1.82) is 0 Å². The fraction of sp³-hybridized carbons (Fsp3) is 0.357. The average Bonchev–Trinajstić information content (AvgIpc) is 3.37. The molecule has 0 spiro atoms. The van der Waals surface area contributed by atoms with E-state index in [1.165, 1.54) is 0 Å². The van der Waals surface area contributed by atoms with Gasteiger partial charge in [0.2, 0.25) is 0 Å². The second kappa shape index (κ2) is 10.6. The summed E-state index contributed by atoms with van der Waals surface area (Å²) in [7, 11) is 0. The Kier molecular flexibility index (Phi) is 6.92. The molecule has 2 aliphatic heterocycles. The van der Waals surface area contributed by atoms with E-state index in [1.54, 1.807) is 29.8 Å². The molecule has 4 aromatic heterocycles. The summed E-state index contributed by atoms with van der Waals surface area (Å²) in [5, 5.41) is 3.03. The Bertz CT molecular complexity index is 1420. The molecule has 0 radical (unpaired) electrons. The summed E-state index contributed by atoms with van der Waals surface area (Å²) in [6.45, 7) is 7.02. The van der Waals surface area contributed by atoms with E-state index < -0.39 is 0 Å². The molecule has 2 saturated heterocycles. The SMILES string of the molecule is CC1CC(N)CN(c2ccncc2NC(=O)c2ccc3sc(-c4ccc(N5CCOCC5)nc4)cc3n2)C1. The summed E-state index contributed by atoms with van der Waals surface area (Å²) < 4.78 is 6.46. The lowest BCUT2D eigenvalue weighted by Gasteiger charge is -2.37. The van der Waals surface area contributed by atoms with Gasteiger partial charge in [-0.1, -0.05) is 6.92 Å². The molecule has 1 amide bonds. The smallest absolute Gasteiger partial charge is 0.274 e. The summed E-state index contributed by atoms with van der Waals surface area (Å²) in [6, 6.07) is 11.9. The van der Waals surface area contributed by atoms with Crippen molar-refractivity contribution in [2.75, 3.05) is 54.5 Å². The maximum absolute atomic E-state index is 13.2. The van der Waals surface area contributed by atoms with Gasteiger partial charge < -0.3 is 25.6 Å². The molecule has 2 atom stereocenters. The number of ether oxygens (including phenoxy) is 1. The predicted molar refractivity (Wildman–Crippen MR) is 152 cm³/mol. The lowest BCUT2D eigenvalue weighted by molar-refractivity contribution is 0.102. The van der Waals surface area contributed by atoms with E-state index >= 15 is 0 Å². The number of piperidine rings is 1. The highest BCUT2D eigenvalue weighted by Gasteiger charge is 2.25. The molecule has 38 heavy (non-hydrogen) atoms. The van der Waals surface area contributed by atoms with Gasteiger partial charge in [-0.05, 0) is 48.7 Å². The normalized spacial score (nSPS) is 20.1. The van der Waals surface area contributed by atoms with Gasteiger partial charge in [0.1, 0.15) is 11.5 Å². The summed E-state index contributed by atoms with van der Waals surface area (Å²) in [5.74, 6) is 1.18. The lowest BCUT2D eigenvalue weighted by atomic mass is 9.96. The van der Waals surface area contributed by atoms with Crippen LogP contribution >= 0.6 is 11.3 Å². The number of aromatic nitrogens is 3. The molecule has 9 nitrogen and oxygen atoms in total. The molecule has 0 bridgehead atoms. The van der Waals surface area contributed by atoms with Crippen LogP contribution in [-0.4, -0.2) is 66.3 Å².